The van der Waals surface area contributed by atoms with Crippen LogP contribution in [0.15, 0.2) is 42.5 Å². The second-order valence-corrected chi connectivity index (χ2v) is 6.27. The fourth-order valence-corrected chi connectivity index (χ4v) is 3.04. The number of nitrogens with one attached hydrogen (secondary N) is 2. The monoisotopic (exact) mass is 324 g/mol. The molecule has 1 aromatic carbocycles. The fourth-order valence-electron chi connectivity index (χ4n) is 3.04. The number of carbonyl (C=O) groups excluding carboxylic acids is 1. The number of benzene rings is 1. The molecule has 0 atom stereocenters. The number of carbonyl (C=O) groups is 1. The molecule has 0 radical (unpaired) electrons. The number of amides is 1. The molecule has 0 saturated heterocycles. The van der Waals surface area contributed by atoms with E-state index in [4.69, 9.17) is 0 Å². The molecule has 3 rings (SSSR count). The molecule has 0 aliphatic heterocycles. The number of hydrogen-bond donors (Lipinski definition) is 2. The van der Waals surface area contributed by atoms with Crippen LogP contribution in [0.25, 0.3) is 0 Å². The van der Waals surface area contributed by atoms with Crippen molar-refractivity contribution < 1.29 is 4.79 Å². The summed E-state index contributed by atoms with van der Waals surface area (Å²) in [4.78, 5) is 12.1. The van der Waals surface area contributed by atoms with E-state index >= 15 is 0 Å². The summed E-state index contributed by atoms with van der Waals surface area (Å²) in [5, 5.41) is 14.4. The highest BCUT2D eigenvalue weighted by atomic mass is 16.1. The fraction of sp³-hybridized carbons (Fsp3) is 0.421. The van der Waals surface area contributed by atoms with Crippen molar-refractivity contribution in [3.8, 4) is 0 Å². The summed E-state index contributed by atoms with van der Waals surface area (Å²) in [5.74, 6) is 0.588. The lowest BCUT2D eigenvalue weighted by molar-refractivity contribution is 0.0947. The molecule has 1 heterocycles. The third kappa shape index (κ3) is 4.78. The number of hydrogen-bond acceptors (Lipinski definition) is 4. The lowest BCUT2D eigenvalue weighted by atomic mass is 10.1. The molecule has 1 aliphatic rings. The summed E-state index contributed by atoms with van der Waals surface area (Å²) in [6.07, 6.45) is 6.78. The molecule has 1 amide bonds. The van der Waals surface area contributed by atoms with Crippen molar-refractivity contribution >= 4 is 11.7 Å². The van der Waals surface area contributed by atoms with Crippen LogP contribution < -0.4 is 10.6 Å². The number of aryl methyl sites for hydroxylation is 1. The Labute approximate surface area is 142 Å². The molecule has 2 aromatic rings. The van der Waals surface area contributed by atoms with Crippen molar-refractivity contribution in [2.45, 2.75) is 44.6 Å². The van der Waals surface area contributed by atoms with E-state index in [9.17, 15) is 4.79 Å². The summed E-state index contributed by atoms with van der Waals surface area (Å²) < 4.78 is 0. The Morgan fingerprint density at radius 2 is 1.83 bits per heavy atom. The molecule has 1 saturated carbocycles. The first-order valence-electron chi connectivity index (χ1n) is 8.73. The zero-order valence-electron chi connectivity index (χ0n) is 13.9. The first kappa shape index (κ1) is 16.4. The van der Waals surface area contributed by atoms with Gasteiger partial charge < -0.3 is 10.6 Å². The summed E-state index contributed by atoms with van der Waals surface area (Å²) in [7, 11) is 0. The maximum absolute atomic E-state index is 12.1. The molecule has 0 spiro atoms. The minimum atomic E-state index is -0.164. The van der Waals surface area contributed by atoms with E-state index in [0.717, 1.165) is 18.7 Å². The Balaban J connectivity index is 1.41. The van der Waals surface area contributed by atoms with E-state index in [1.165, 1.54) is 31.2 Å². The zero-order valence-corrected chi connectivity index (χ0v) is 13.9. The highest BCUT2D eigenvalue weighted by Gasteiger charge is 2.15. The van der Waals surface area contributed by atoms with Gasteiger partial charge in [-0.2, -0.15) is 0 Å². The third-order valence-corrected chi connectivity index (χ3v) is 4.37. The molecule has 1 aromatic heterocycles. The Kier molecular flexibility index (Phi) is 5.77. The van der Waals surface area contributed by atoms with Crippen molar-refractivity contribution in [3.05, 3.63) is 53.7 Å². The quantitative estimate of drug-likeness (QED) is 0.768. The summed E-state index contributed by atoms with van der Waals surface area (Å²) >= 11 is 0. The minimum Gasteiger partial charge on any atom is -0.366 e. The van der Waals surface area contributed by atoms with Gasteiger partial charge in [0.05, 0.1) is 0 Å². The van der Waals surface area contributed by atoms with Gasteiger partial charge in [-0.25, -0.2) is 0 Å². The number of anilines is 1. The summed E-state index contributed by atoms with van der Waals surface area (Å²) in [6.45, 7) is 0.636. The van der Waals surface area contributed by atoms with Crippen LogP contribution in [0, 0.1) is 0 Å². The summed E-state index contributed by atoms with van der Waals surface area (Å²) in [5.41, 5.74) is 1.65. The van der Waals surface area contributed by atoms with E-state index in [1.807, 2.05) is 24.3 Å². The van der Waals surface area contributed by atoms with Crippen LogP contribution in [0.4, 0.5) is 5.82 Å². The Morgan fingerprint density at radius 3 is 2.54 bits per heavy atom. The van der Waals surface area contributed by atoms with E-state index in [2.05, 4.69) is 33.0 Å². The van der Waals surface area contributed by atoms with Crippen molar-refractivity contribution in [2.24, 2.45) is 0 Å². The largest absolute Gasteiger partial charge is 0.366 e. The van der Waals surface area contributed by atoms with E-state index < -0.39 is 0 Å². The molecule has 1 fully saturated rings. The predicted molar refractivity (Wildman–Crippen MR) is 95.0 cm³/mol. The first-order valence-corrected chi connectivity index (χ1v) is 8.73. The van der Waals surface area contributed by atoms with Gasteiger partial charge in [0.1, 0.15) is 5.82 Å². The van der Waals surface area contributed by atoms with Crippen LogP contribution in [0.2, 0.25) is 0 Å². The highest BCUT2D eigenvalue weighted by Crippen LogP contribution is 2.20. The van der Waals surface area contributed by atoms with Gasteiger partial charge in [0.15, 0.2) is 5.69 Å². The maximum Gasteiger partial charge on any atom is 0.271 e. The predicted octanol–water partition coefficient (Wildman–Crippen LogP) is 3.19. The van der Waals surface area contributed by atoms with Gasteiger partial charge in [-0.05, 0) is 43.4 Å². The summed E-state index contributed by atoms with van der Waals surface area (Å²) in [6, 6.07) is 14.3. The van der Waals surface area contributed by atoms with Gasteiger partial charge in [-0.3, -0.25) is 4.79 Å². The molecule has 24 heavy (non-hydrogen) atoms. The van der Waals surface area contributed by atoms with Crippen molar-refractivity contribution in [3.63, 3.8) is 0 Å². The van der Waals surface area contributed by atoms with Gasteiger partial charge in [0.2, 0.25) is 0 Å². The standard InChI is InChI=1S/C19H24N4O/c24-19(20-14-6-9-15-7-2-1-3-8-15)17-12-13-18(23-22-17)21-16-10-4-5-11-16/h1-3,7-8,12-13,16H,4-6,9-11,14H2,(H,20,24)(H,21,23). The zero-order chi connectivity index (χ0) is 16.6. The molecular formula is C19H24N4O. The maximum atomic E-state index is 12.1. The molecule has 2 N–H and O–H groups in total. The van der Waals surface area contributed by atoms with Gasteiger partial charge in [-0.15, -0.1) is 10.2 Å². The molecule has 0 bridgehead atoms. The second-order valence-electron chi connectivity index (χ2n) is 6.27. The average Bonchev–Trinajstić information content (AvgIpc) is 3.13. The molecule has 5 nitrogen and oxygen atoms in total. The van der Waals surface area contributed by atoms with Gasteiger partial charge in [-0.1, -0.05) is 43.2 Å². The van der Waals surface area contributed by atoms with Crippen LogP contribution in [-0.4, -0.2) is 28.7 Å². The van der Waals surface area contributed by atoms with Crippen LogP contribution in [-0.2, 0) is 6.42 Å². The van der Waals surface area contributed by atoms with Gasteiger partial charge >= 0.3 is 0 Å². The van der Waals surface area contributed by atoms with Crippen LogP contribution >= 0.6 is 0 Å². The van der Waals surface area contributed by atoms with Gasteiger partial charge in [0.25, 0.3) is 5.91 Å². The normalized spacial score (nSPS) is 14.5. The topological polar surface area (TPSA) is 66.9 Å². The Bertz CT molecular complexity index is 636. The third-order valence-electron chi connectivity index (χ3n) is 4.37. The van der Waals surface area contributed by atoms with Crippen LogP contribution in [0.1, 0.15) is 48.2 Å². The van der Waals surface area contributed by atoms with Crippen LogP contribution in [0.3, 0.4) is 0 Å². The SMILES string of the molecule is O=C(NCCCc1ccccc1)c1ccc(NC2CCCC2)nn1. The molecular weight excluding hydrogens is 300 g/mol. The number of nitrogens with zero attached hydrogens (tertiary/aromatic N) is 2. The van der Waals surface area contributed by atoms with E-state index in [0.29, 0.717) is 18.3 Å². The number of aromatic nitrogens is 2. The molecule has 126 valence electrons. The average molecular weight is 324 g/mol. The smallest absolute Gasteiger partial charge is 0.271 e. The van der Waals surface area contributed by atoms with E-state index in [-0.39, 0.29) is 5.91 Å². The lowest BCUT2D eigenvalue weighted by Gasteiger charge is -2.11. The van der Waals surface area contributed by atoms with Crippen molar-refractivity contribution in [1.29, 1.82) is 0 Å². The van der Waals surface area contributed by atoms with Crippen molar-refractivity contribution in [1.82, 2.24) is 15.5 Å². The van der Waals surface area contributed by atoms with Crippen LogP contribution in [0.5, 0.6) is 0 Å². The second kappa shape index (κ2) is 8.43. The minimum absolute atomic E-state index is 0.164. The van der Waals surface area contributed by atoms with Gasteiger partial charge in [0, 0.05) is 12.6 Å². The molecule has 5 heteroatoms. The molecule has 1 aliphatic carbocycles. The lowest BCUT2D eigenvalue weighted by Crippen LogP contribution is -2.26. The first-order chi connectivity index (χ1) is 11.8. The number of rotatable bonds is 7. The Hall–Kier alpha value is -2.43. The molecule has 0 unspecified atom stereocenters. The highest BCUT2D eigenvalue weighted by molar-refractivity contribution is 5.92. The van der Waals surface area contributed by atoms with Crippen molar-refractivity contribution in [2.75, 3.05) is 11.9 Å². The Morgan fingerprint density at radius 1 is 1.04 bits per heavy atom. The van der Waals surface area contributed by atoms with E-state index in [1.54, 1.807) is 6.07 Å².